The topological polar surface area (TPSA) is 15.3 Å². The molecule has 1 unspecified atom stereocenters. The average molecular weight is 214 g/mol. The number of likely N-dealkylation sites (tertiary alicyclic amines) is 1. The maximum atomic E-state index is 5.34. The lowest BCUT2D eigenvalue weighted by atomic mass is 10.1. The van der Waals surface area contributed by atoms with Crippen LogP contribution in [0.4, 0.5) is 0 Å². The van der Waals surface area contributed by atoms with Crippen molar-refractivity contribution in [2.75, 3.05) is 19.6 Å². The second-order valence-electron chi connectivity index (χ2n) is 4.09. The van der Waals surface area contributed by atoms with Crippen molar-refractivity contribution in [3.8, 4) is 0 Å². The molecule has 1 atom stereocenters. The number of nitrogens with zero attached hydrogens (tertiary/aromatic N) is 1. The number of hydrogen-bond donors (Lipinski definition) is 1. The van der Waals surface area contributed by atoms with E-state index in [9.17, 15) is 0 Å². The van der Waals surface area contributed by atoms with Gasteiger partial charge >= 0.3 is 0 Å². The number of hydrogen-bond acceptors (Lipinski definition) is 1. The Hall–Kier alpha value is -0.310. The van der Waals surface area contributed by atoms with Crippen LogP contribution in [-0.2, 0) is 0 Å². The zero-order chi connectivity index (χ0) is 10.4. The molecule has 0 radical (unpaired) electrons. The summed E-state index contributed by atoms with van der Waals surface area (Å²) >= 11 is 5.34. The standard InChI is InChI=1S/C11H22N2S/c1-3-5-7-12-11(14)13-8-6-10(4-2)9-13/h10H,3-9H2,1-2H3,(H,12,14). The van der Waals surface area contributed by atoms with E-state index in [4.69, 9.17) is 12.2 Å². The van der Waals surface area contributed by atoms with Crippen LogP contribution >= 0.6 is 12.2 Å². The molecule has 0 spiro atoms. The van der Waals surface area contributed by atoms with Crippen molar-refractivity contribution in [2.24, 2.45) is 5.92 Å². The monoisotopic (exact) mass is 214 g/mol. The van der Waals surface area contributed by atoms with Gasteiger partial charge in [-0.3, -0.25) is 0 Å². The first-order valence-corrected chi connectivity index (χ1v) is 6.21. The summed E-state index contributed by atoms with van der Waals surface area (Å²) in [6, 6.07) is 0. The molecular weight excluding hydrogens is 192 g/mol. The Bertz CT molecular complexity index is 182. The van der Waals surface area contributed by atoms with Gasteiger partial charge in [-0.1, -0.05) is 26.7 Å². The van der Waals surface area contributed by atoms with Crippen LogP contribution in [0.15, 0.2) is 0 Å². The number of thiocarbonyl (C=S) groups is 1. The van der Waals surface area contributed by atoms with Crippen LogP contribution in [-0.4, -0.2) is 29.6 Å². The molecule has 82 valence electrons. The summed E-state index contributed by atoms with van der Waals surface area (Å²) in [6.07, 6.45) is 5.04. The summed E-state index contributed by atoms with van der Waals surface area (Å²) in [4.78, 5) is 2.32. The molecule has 0 amide bonds. The largest absolute Gasteiger partial charge is 0.363 e. The molecule has 1 aliphatic heterocycles. The fourth-order valence-electron chi connectivity index (χ4n) is 1.83. The van der Waals surface area contributed by atoms with Crippen molar-refractivity contribution in [3.63, 3.8) is 0 Å². The molecule has 14 heavy (non-hydrogen) atoms. The quantitative estimate of drug-likeness (QED) is 0.571. The van der Waals surface area contributed by atoms with E-state index in [1.807, 2.05) is 0 Å². The zero-order valence-electron chi connectivity index (χ0n) is 9.38. The number of unbranched alkanes of at least 4 members (excludes halogenated alkanes) is 1. The van der Waals surface area contributed by atoms with E-state index < -0.39 is 0 Å². The van der Waals surface area contributed by atoms with Crippen molar-refractivity contribution in [3.05, 3.63) is 0 Å². The first-order valence-electron chi connectivity index (χ1n) is 5.80. The molecule has 1 saturated heterocycles. The predicted molar refractivity (Wildman–Crippen MR) is 65.5 cm³/mol. The van der Waals surface area contributed by atoms with Gasteiger partial charge in [-0.15, -0.1) is 0 Å². The summed E-state index contributed by atoms with van der Waals surface area (Å²) < 4.78 is 0. The van der Waals surface area contributed by atoms with Crippen LogP contribution < -0.4 is 5.32 Å². The van der Waals surface area contributed by atoms with Crippen LogP contribution in [0.5, 0.6) is 0 Å². The lowest BCUT2D eigenvalue weighted by Gasteiger charge is -2.20. The maximum Gasteiger partial charge on any atom is 0.168 e. The lowest BCUT2D eigenvalue weighted by molar-refractivity contribution is 0.464. The Morgan fingerprint density at radius 2 is 2.29 bits per heavy atom. The summed E-state index contributed by atoms with van der Waals surface area (Å²) in [7, 11) is 0. The molecule has 1 aliphatic rings. The fourth-order valence-corrected chi connectivity index (χ4v) is 2.10. The van der Waals surface area contributed by atoms with Gasteiger partial charge in [-0.2, -0.15) is 0 Å². The van der Waals surface area contributed by atoms with Crippen LogP contribution in [0.2, 0.25) is 0 Å². The highest BCUT2D eigenvalue weighted by Crippen LogP contribution is 2.18. The Morgan fingerprint density at radius 1 is 1.50 bits per heavy atom. The normalized spacial score (nSPS) is 21.3. The molecule has 1 rings (SSSR count). The fraction of sp³-hybridized carbons (Fsp3) is 0.909. The molecule has 2 nitrogen and oxygen atoms in total. The molecule has 0 bridgehead atoms. The number of nitrogens with one attached hydrogen (secondary N) is 1. The minimum absolute atomic E-state index is 0.862. The Morgan fingerprint density at radius 3 is 2.86 bits per heavy atom. The highest BCUT2D eigenvalue weighted by atomic mass is 32.1. The molecule has 3 heteroatoms. The van der Waals surface area contributed by atoms with E-state index in [0.29, 0.717) is 0 Å². The van der Waals surface area contributed by atoms with Crippen molar-refractivity contribution >= 4 is 17.3 Å². The van der Waals surface area contributed by atoms with Crippen molar-refractivity contribution in [2.45, 2.75) is 39.5 Å². The first kappa shape index (κ1) is 11.8. The first-order chi connectivity index (χ1) is 6.77. The van der Waals surface area contributed by atoms with Crippen molar-refractivity contribution in [1.29, 1.82) is 0 Å². The van der Waals surface area contributed by atoms with Crippen LogP contribution in [0.25, 0.3) is 0 Å². The van der Waals surface area contributed by atoms with Gasteiger partial charge in [0.2, 0.25) is 0 Å². The van der Waals surface area contributed by atoms with E-state index in [1.54, 1.807) is 0 Å². The van der Waals surface area contributed by atoms with Crippen LogP contribution in [0, 0.1) is 5.92 Å². The van der Waals surface area contributed by atoms with Gasteiger partial charge < -0.3 is 10.2 Å². The van der Waals surface area contributed by atoms with Gasteiger partial charge in [0.15, 0.2) is 5.11 Å². The highest BCUT2D eigenvalue weighted by Gasteiger charge is 2.22. The van der Waals surface area contributed by atoms with Gasteiger partial charge in [0.25, 0.3) is 0 Å². The summed E-state index contributed by atoms with van der Waals surface area (Å²) in [5.41, 5.74) is 0. The second kappa shape index (κ2) is 6.23. The minimum Gasteiger partial charge on any atom is -0.363 e. The molecule has 0 aliphatic carbocycles. The van der Waals surface area contributed by atoms with Gasteiger partial charge in [0.1, 0.15) is 0 Å². The van der Waals surface area contributed by atoms with Crippen LogP contribution in [0.1, 0.15) is 39.5 Å². The Labute approximate surface area is 93.1 Å². The van der Waals surface area contributed by atoms with Gasteiger partial charge in [-0.05, 0) is 31.0 Å². The van der Waals surface area contributed by atoms with Crippen molar-refractivity contribution < 1.29 is 0 Å². The third-order valence-electron chi connectivity index (χ3n) is 2.96. The molecule has 1 fully saturated rings. The molecule has 0 aromatic carbocycles. The van der Waals surface area contributed by atoms with Crippen LogP contribution in [0.3, 0.4) is 0 Å². The Balaban J connectivity index is 2.18. The van der Waals surface area contributed by atoms with Gasteiger partial charge in [0.05, 0.1) is 0 Å². The highest BCUT2D eigenvalue weighted by molar-refractivity contribution is 7.80. The van der Waals surface area contributed by atoms with E-state index in [-0.39, 0.29) is 0 Å². The van der Waals surface area contributed by atoms with E-state index in [1.165, 1.54) is 25.7 Å². The average Bonchev–Trinajstić information content (AvgIpc) is 2.66. The third-order valence-corrected chi connectivity index (χ3v) is 3.36. The SMILES string of the molecule is CCCCNC(=S)N1CCC(CC)C1. The van der Waals surface area contributed by atoms with E-state index >= 15 is 0 Å². The maximum absolute atomic E-state index is 5.34. The molecule has 1 N–H and O–H groups in total. The zero-order valence-corrected chi connectivity index (χ0v) is 10.2. The van der Waals surface area contributed by atoms with Crippen molar-refractivity contribution in [1.82, 2.24) is 10.2 Å². The molecule has 0 aromatic rings. The second-order valence-corrected chi connectivity index (χ2v) is 4.48. The number of rotatable bonds is 4. The molecular formula is C11H22N2S. The lowest BCUT2D eigenvalue weighted by Crippen LogP contribution is -2.38. The third kappa shape index (κ3) is 3.45. The molecule has 1 heterocycles. The van der Waals surface area contributed by atoms with Gasteiger partial charge in [0, 0.05) is 19.6 Å². The summed E-state index contributed by atoms with van der Waals surface area (Å²) in [5, 5.41) is 4.29. The van der Waals surface area contributed by atoms with E-state index in [0.717, 1.165) is 30.7 Å². The molecule has 0 saturated carbocycles. The predicted octanol–water partition coefficient (Wildman–Crippen LogP) is 2.39. The molecule has 0 aromatic heterocycles. The van der Waals surface area contributed by atoms with E-state index in [2.05, 4.69) is 24.1 Å². The summed E-state index contributed by atoms with van der Waals surface area (Å²) in [6.45, 7) is 7.81. The summed E-state index contributed by atoms with van der Waals surface area (Å²) in [5.74, 6) is 0.862. The Kier molecular flexibility index (Phi) is 5.23. The smallest absolute Gasteiger partial charge is 0.168 e. The minimum atomic E-state index is 0.862. The van der Waals surface area contributed by atoms with Gasteiger partial charge in [-0.25, -0.2) is 0 Å².